The third-order valence-corrected chi connectivity index (χ3v) is 4.70. The van der Waals surface area contributed by atoms with Gasteiger partial charge in [0.1, 0.15) is 0 Å². The number of benzene rings is 2. The molecule has 3 rings (SSSR count). The van der Waals surface area contributed by atoms with Crippen LogP contribution in [0.4, 0.5) is 5.69 Å². The van der Waals surface area contributed by atoms with Gasteiger partial charge in [0.25, 0.3) is 11.8 Å². The lowest BCUT2D eigenvalue weighted by molar-refractivity contribution is -0.120. The summed E-state index contributed by atoms with van der Waals surface area (Å²) >= 11 is 0. The number of carbonyl (C=O) groups is 2. The molecule has 0 aliphatic carbocycles. The van der Waals surface area contributed by atoms with Crippen molar-refractivity contribution in [2.24, 2.45) is 0 Å². The second-order valence-corrected chi connectivity index (χ2v) is 7.57. The van der Waals surface area contributed by atoms with Gasteiger partial charge in [-0.25, -0.2) is 4.68 Å². The van der Waals surface area contributed by atoms with Gasteiger partial charge in [0.05, 0.1) is 29.7 Å². The van der Waals surface area contributed by atoms with Crippen LogP contribution in [0.5, 0.6) is 0 Å². The zero-order valence-corrected chi connectivity index (χ0v) is 17.7. The van der Waals surface area contributed by atoms with E-state index in [-0.39, 0.29) is 18.4 Å². The Morgan fingerprint density at radius 3 is 2.13 bits per heavy atom. The molecule has 1 heterocycles. The summed E-state index contributed by atoms with van der Waals surface area (Å²) in [4.78, 5) is 24.8. The Bertz CT molecular complexity index is 1020. The van der Waals surface area contributed by atoms with E-state index in [0.29, 0.717) is 5.56 Å². The number of hydrogen-bond acceptors (Lipinski definition) is 4. The summed E-state index contributed by atoms with van der Waals surface area (Å²) in [6, 6.07) is 15.7. The summed E-state index contributed by atoms with van der Waals surface area (Å²) < 4.78 is 1.76. The molecule has 30 heavy (non-hydrogen) atoms. The average molecular weight is 406 g/mol. The lowest BCUT2D eigenvalue weighted by Gasteiger charge is -2.13. The SMILES string of the molecule is Cc1ccc(NCC(=O)NNC(=O)c2cnn(-c3ccc(C)cc3)c2C(C)C)cc1. The van der Waals surface area contributed by atoms with E-state index in [0.717, 1.165) is 28.2 Å². The van der Waals surface area contributed by atoms with Crippen molar-refractivity contribution >= 4 is 17.5 Å². The first kappa shape index (κ1) is 21.1. The number of hydrogen-bond donors (Lipinski definition) is 3. The number of anilines is 1. The minimum Gasteiger partial charge on any atom is -0.376 e. The highest BCUT2D eigenvalue weighted by Crippen LogP contribution is 2.23. The summed E-state index contributed by atoms with van der Waals surface area (Å²) in [5.74, 6) is -0.685. The number of nitrogens with zero attached hydrogens (tertiary/aromatic N) is 2. The van der Waals surface area contributed by atoms with Crippen molar-refractivity contribution in [3.8, 4) is 5.69 Å². The summed E-state index contributed by atoms with van der Waals surface area (Å²) in [6.07, 6.45) is 1.53. The second-order valence-electron chi connectivity index (χ2n) is 7.57. The van der Waals surface area contributed by atoms with Crippen molar-refractivity contribution in [1.82, 2.24) is 20.6 Å². The minimum atomic E-state index is -0.402. The highest BCUT2D eigenvalue weighted by atomic mass is 16.2. The zero-order valence-electron chi connectivity index (χ0n) is 17.7. The molecule has 156 valence electrons. The van der Waals surface area contributed by atoms with Gasteiger partial charge in [0, 0.05) is 5.69 Å². The van der Waals surface area contributed by atoms with E-state index in [1.165, 1.54) is 6.20 Å². The van der Waals surface area contributed by atoms with Crippen molar-refractivity contribution < 1.29 is 9.59 Å². The monoisotopic (exact) mass is 405 g/mol. The molecule has 0 unspecified atom stereocenters. The van der Waals surface area contributed by atoms with Crippen molar-refractivity contribution in [2.45, 2.75) is 33.6 Å². The van der Waals surface area contributed by atoms with Crippen LogP contribution in [0.15, 0.2) is 54.7 Å². The lowest BCUT2D eigenvalue weighted by atomic mass is 10.1. The van der Waals surface area contributed by atoms with Crippen LogP contribution in [0.1, 0.15) is 46.9 Å². The highest BCUT2D eigenvalue weighted by Gasteiger charge is 2.21. The topological polar surface area (TPSA) is 88.1 Å². The van der Waals surface area contributed by atoms with Crippen LogP contribution in [-0.2, 0) is 4.79 Å². The molecule has 0 saturated carbocycles. The van der Waals surface area contributed by atoms with Gasteiger partial charge in [-0.1, -0.05) is 49.2 Å². The fraction of sp³-hybridized carbons (Fsp3) is 0.261. The summed E-state index contributed by atoms with van der Waals surface area (Å²) in [5, 5.41) is 7.41. The number of rotatable bonds is 6. The Balaban J connectivity index is 1.64. The van der Waals surface area contributed by atoms with Crippen molar-refractivity contribution in [3.05, 3.63) is 77.1 Å². The Hall–Kier alpha value is -3.61. The van der Waals surface area contributed by atoms with Gasteiger partial charge in [-0.3, -0.25) is 20.4 Å². The molecule has 3 aromatic rings. The van der Waals surface area contributed by atoms with Gasteiger partial charge in [-0.15, -0.1) is 0 Å². The van der Waals surface area contributed by atoms with Crippen LogP contribution < -0.4 is 16.2 Å². The maximum absolute atomic E-state index is 12.7. The van der Waals surface area contributed by atoms with Crippen molar-refractivity contribution in [1.29, 1.82) is 0 Å². The van der Waals surface area contributed by atoms with Gasteiger partial charge in [0.15, 0.2) is 0 Å². The Morgan fingerprint density at radius 1 is 0.933 bits per heavy atom. The molecule has 0 radical (unpaired) electrons. The molecule has 0 aliphatic heterocycles. The van der Waals surface area contributed by atoms with Crippen LogP contribution in [0.25, 0.3) is 5.69 Å². The molecule has 0 spiro atoms. The van der Waals surface area contributed by atoms with Crippen molar-refractivity contribution in [2.75, 3.05) is 11.9 Å². The van der Waals surface area contributed by atoms with E-state index in [2.05, 4.69) is 21.3 Å². The zero-order chi connectivity index (χ0) is 21.7. The van der Waals surface area contributed by atoms with E-state index >= 15 is 0 Å². The van der Waals surface area contributed by atoms with E-state index in [1.807, 2.05) is 76.2 Å². The van der Waals surface area contributed by atoms with Crippen LogP contribution in [0, 0.1) is 13.8 Å². The van der Waals surface area contributed by atoms with Gasteiger partial charge < -0.3 is 5.32 Å². The Kier molecular flexibility index (Phi) is 6.51. The first-order chi connectivity index (χ1) is 14.3. The fourth-order valence-corrected chi connectivity index (χ4v) is 3.07. The van der Waals surface area contributed by atoms with E-state index in [4.69, 9.17) is 0 Å². The molecule has 3 N–H and O–H groups in total. The molecule has 0 aliphatic rings. The van der Waals surface area contributed by atoms with Crippen LogP contribution in [-0.4, -0.2) is 28.1 Å². The largest absolute Gasteiger partial charge is 0.376 e. The number of aryl methyl sites for hydroxylation is 2. The van der Waals surface area contributed by atoms with Gasteiger partial charge in [-0.2, -0.15) is 5.10 Å². The minimum absolute atomic E-state index is 0.0446. The van der Waals surface area contributed by atoms with Crippen LogP contribution >= 0.6 is 0 Å². The number of carbonyl (C=O) groups excluding carboxylic acids is 2. The summed E-state index contributed by atoms with van der Waals surface area (Å²) in [6.45, 7) is 8.07. The maximum Gasteiger partial charge on any atom is 0.273 e. The normalized spacial score (nSPS) is 10.7. The van der Waals surface area contributed by atoms with E-state index in [1.54, 1.807) is 4.68 Å². The first-order valence-corrected chi connectivity index (χ1v) is 9.90. The van der Waals surface area contributed by atoms with Gasteiger partial charge in [0.2, 0.25) is 0 Å². The third kappa shape index (κ3) is 5.05. The first-order valence-electron chi connectivity index (χ1n) is 9.90. The maximum atomic E-state index is 12.7. The number of hydrazine groups is 1. The Morgan fingerprint density at radius 2 is 1.53 bits per heavy atom. The quantitative estimate of drug-likeness (QED) is 0.548. The predicted octanol–water partition coefficient (Wildman–Crippen LogP) is 3.49. The molecular weight excluding hydrogens is 378 g/mol. The van der Waals surface area contributed by atoms with Gasteiger partial charge >= 0.3 is 0 Å². The Labute approximate surface area is 176 Å². The molecule has 0 fully saturated rings. The van der Waals surface area contributed by atoms with Crippen molar-refractivity contribution in [3.63, 3.8) is 0 Å². The molecule has 0 bridgehead atoms. The van der Waals surface area contributed by atoms with E-state index in [9.17, 15) is 9.59 Å². The van der Waals surface area contributed by atoms with Crippen LogP contribution in [0.3, 0.4) is 0 Å². The molecular formula is C23H27N5O2. The number of aromatic nitrogens is 2. The molecule has 0 atom stereocenters. The summed E-state index contributed by atoms with van der Waals surface area (Å²) in [5.41, 5.74) is 10.2. The highest BCUT2D eigenvalue weighted by molar-refractivity contribution is 5.96. The third-order valence-electron chi connectivity index (χ3n) is 4.70. The van der Waals surface area contributed by atoms with E-state index < -0.39 is 5.91 Å². The summed E-state index contributed by atoms with van der Waals surface area (Å²) in [7, 11) is 0. The standard InChI is InChI=1S/C23H27N5O2/c1-15(2)22-20(13-25-28(22)19-11-7-17(4)8-12-19)23(30)27-26-21(29)14-24-18-9-5-16(3)6-10-18/h5-13,15,24H,14H2,1-4H3,(H,26,29)(H,27,30). The molecule has 7 nitrogen and oxygen atoms in total. The molecule has 2 aromatic carbocycles. The molecule has 1 aromatic heterocycles. The predicted molar refractivity (Wildman–Crippen MR) is 118 cm³/mol. The second kappa shape index (κ2) is 9.26. The number of nitrogens with one attached hydrogen (secondary N) is 3. The molecule has 2 amide bonds. The fourth-order valence-electron chi connectivity index (χ4n) is 3.07. The molecule has 7 heteroatoms. The van der Waals surface area contributed by atoms with Crippen LogP contribution in [0.2, 0.25) is 0 Å². The average Bonchev–Trinajstić information content (AvgIpc) is 3.17. The molecule has 0 saturated heterocycles. The smallest absolute Gasteiger partial charge is 0.273 e. The number of amides is 2. The lowest BCUT2D eigenvalue weighted by Crippen LogP contribution is -2.44. The van der Waals surface area contributed by atoms with Gasteiger partial charge in [-0.05, 0) is 44.0 Å².